The van der Waals surface area contributed by atoms with Crippen LogP contribution >= 0.6 is 0 Å². The summed E-state index contributed by atoms with van der Waals surface area (Å²) in [7, 11) is 1.58. The van der Waals surface area contributed by atoms with E-state index in [1.165, 1.54) is 5.56 Å². The van der Waals surface area contributed by atoms with Crippen molar-refractivity contribution in [3.63, 3.8) is 0 Å². The van der Waals surface area contributed by atoms with Crippen LogP contribution in [0.2, 0.25) is 0 Å². The topological polar surface area (TPSA) is 54.0 Å². The fraction of sp³-hybridized carbons (Fsp3) is 0.500. The van der Waals surface area contributed by atoms with Gasteiger partial charge in [0.05, 0.1) is 39.0 Å². The van der Waals surface area contributed by atoms with Gasteiger partial charge in [0, 0.05) is 11.8 Å². The summed E-state index contributed by atoms with van der Waals surface area (Å²) in [6.07, 6.45) is 0.987. The van der Waals surface area contributed by atoms with Crippen LogP contribution in [-0.2, 0) is 20.7 Å². The zero-order chi connectivity index (χ0) is 22.0. The second-order valence-electron chi connectivity index (χ2n) is 9.11. The molecule has 0 bridgehead atoms. The summed E-state index contributed by atoms with van der Waals surface area (Å²) < 4.78 is 22.9. The van der Waals surface area contributed by atoms with E-state index in [4.69, 9.17) is 18.9 Å². The average Bonchev–Trinajstić information content (AvgIpc) is 3.37. The van der Waals surface area contributed by atoms with Crippen LogP contribution in [-0.4, -0.2) is 32.9 Å². The third-order valence-corrected chi connectivity index (χ3v) is 6.33. The lowest BCUT2D eigenvalue weighted by molar-refractivity contribution is -0.135. The Kier molecular flexibility index (Phi) is 6.63. The molecule has 5 nitrogen and oxygen atoms in total. The van der Waals surface area contributed by atoms with Crippen LogP contribution in [0.15, 0.2) is 42.5 Å². The highest BCUT2D eigenvalue weighted by Gasteiger charge is 2.42. The number of carbonyl (C=O) groups is 1. The molecule has 2 heterocycles. The number of esters is 1. The highest BCUT2D eigenvalue weighted by atomic mass is 16.6. The van der Waals surface area contributed by atoms with Gasteiger partial charge in [0.25, 0.3) is 0 Å². The molecular formula is C26H32O5. The number of rotatable bonds is 7. The van der Waals surface area contributed by atoms with Crippen molar-refractivity contribution in [2.75, 3.05) is 26.9 Å². The van der Waals surface area contributed by atoms with Gasteiger partial charge in [0.2, 0.25) is 0 Å². The summed E-state index contributed by atoms with van der Waals surface area (Å²) >= 11 is 0. The van der Waals surface area contributed by atoms with E-state index in [0.717, 1.165) is 24.2 Å². The fourth-order valence-corrected chi connectivity index (χ4v) is 4.51. The first-order chi connectivity index (χ1) is 15.0. The van der Waals surface area contributed by atoms with E-state index in [1.807, 2.05) is 37.3 Å². The molecule has 0 radical (unpaired) electrons. The van der Waals surface area contributed by atoms with E-state index in [1.54, 1.807) is 7.11 Å². The van der Waals surface area contributed by atoms with E-state index in [9.17, 15) is 4.79 Å². The monoisotopic (exact) mass is 424 g/mol. The normalized spacial score (nSPS) is 23.6. The van der Waals surface area contributed by atoms with E-state index in [-0.39, 0.29) is 18.0 Å². The maximum absolute atomic E-state index is 12.9. The molecule has 4 atom stereocenters. The summed E-state index contributed by atoms with van der Waals surface area (Å²) in [6, 6.07) is 13.9. The van der Waals surface area contributed by atoms with Crippen LogP contribution < -0.4 is 9.47 Å². The Balaban J connectivity index is 1.49. The number of fused-ring (bicyclic) bond motifs is 1. The number of hydrogen-bond donors (Lipinski definition) is 0. The Morgan fingerprint density at radius 3 is 2.52 bits per heavy atom. The molecule has 0 aromatic heterocycles. The van der Waals surface area contributed by atoms with E-state index >= 15 is 0 Å². The molecule has 31 heavy (non-hydrogen) atoms. The summed E-state index contributed by atoms with van der Waals surface area (Å²) in [6.45, 7) is 8.45. The fourth-order valence-electron chi connectivity index (χ4n) is 4.51. The Morgan fingerprint density at radius 2 is 1.81 bits per heavy atom. The summed E-state index contributed by atoms with van der Waals surface area (Å²) in [5.74, 6) is 1.67. The molecule has 2 aliphatic heterocycles. The zero-order valence-corrected chi connectivity index (χ0v) is 18.8. The quantitative estimate of drug-likeness (QED) is 0.466. The van der Waals surface area contributed by atoms with Gasteiger partial charge in [-0.05, 0) is 48.1 Å². The summed E-state index contributed by atoms with van der Waals surface area (Å²) in [5.41, 5.74) is 3.21. The van der Waals surface area contributed by atoms with Crippen molar-refractivity contribution in [2.45, 2.75) is 39.2 Å². The van der Waals surface area contributed by atoms with Gasteiger partial charge in [0.1, 0.15) is 0 Å². The minimum Gasteiger partial charge on any atom is -0.493 e. The molecule has 2 fully saturated rings. The van der Waals surface area contributed by atoms with Crippen molar-refractivity contribution in [2.24, 2.45) is 17.8 Å². The maximum atomic E-state index is 12.9. The minimum absolute atomic E-state index is 0.0400. The Labute approximate surface area is 184 Å². The maximum Gasteiger partial charge on any atom is 0.318 e. The SMILES string of the molecule is COc1ccc(C2OCC3COCC32)cc1OC(=O)C(C)c1ccc(CC(C)C)cc1. The molecule has 2 aromatic carbocycles. The van der Waals surface area contributed by atoms with Crippen molar-refractivity contribution >= 4 is 5.97 Å². The molecule has 0 spiro atoms. The van der Waals surface area contributed by atoms with Crippen LogP contribution in [0.5, 0.6) is 11.5 Å². The second kappa shape index (κ2) is 9.41. The van der Waals surface area contributed by atoms with Crippen molar-refractivity contribution < 1.29 is 23.7 Å². The predicted molar refractivity (Wildman–Crippen MR) is 119 cm³/mol. The van der Waals surface area contributed by atoms with Gasteiger partial charge < -0.3 is 18.9 Å². The number of benzene rings is 2. The molecule has 2 saturated heterocycles. The van der Waals surface area contributed by atoms with Gasteiger partial charge in [-0.15, -0.1) is 0 Å². The van der Waals surface area contributed by atoms with Crippen LogP contribution in [0.4, 0.5) is 0 Å². The van der Waals surface area contributed by atoms with Gasteiger partial charge in [-0.1, -0.05) is 44.2 Å². The Morgan fingerprint density at radius 1 is 1.03 bits per heavy atom. The first-order valence-corrected chi connectivity index (χ1v) is 11.1. The molecule has 0 saturated carbocycles. The number of methoxy groups -OCH3 is 1. The van der Waals surface area contributed by atoms with Crippen molar-refractivity contribution in [3.05, 3.63) is 59.2 Å². The second-order valence-corrected chi connectivity index (χ2v) is 9.11. The Hall–Kier alpha value is -2.37. The molecule has 0 N–H and O–H groups in total. The first kappa shape index (κ1) is 21.8. The lowest BCUT2D eigenvalue weighted by atomic mass is 9.90. The standard InChI is InChI=1S/C26H32O5/c1-16(2)11-18-5-7-19(8-6-18)17(3)26(27)31-24-12-20(9-10-23(24)28-4)25-22-15-29-13-21(22)14-30-25/h5-10,12,16-17,21-22,25H,11,13-15H2,1-4H3. The highest BCUT2D eigenvalue weighted by molar-refractivity contribution is 5.80. The number of hydrogen-bond acceptors (Lipinski definition) is 5. The highest BCUT2D eigenvalue weighted by Crippen LogP contribution is 2.44. The van der Waals surface area contributed by atoms with E-state index in [2.05, 4.69) is 26.0 Å². The molecule has 5 heteroatoms. The largest absolute Gasteiger partial charge is 0.493 e. The van der Waals surface area contributed by atoms with Crippen LogP contribution in [0, 0.1) is 17.8 Å². The molecule has 4 unspecified atom stereocenters. The molecular weight excluding hydrogens is 392 g/mol. The zero-order valence-electron chi connectivity index (χ0n) is 18.8. The molecule has 166 valence electrons. The first-order valence-electron chi connectivity index (χ1n) is 11.1. The van der Waals surface area contributed by atoms with E-state index in [0.29, 0.717) is 42.5 Å². The van der Waals surface area contributed by atoms with Crippen molar-refractivity contribution in [3.8, 4) is 11.5 Å². The lowest BCUT2D eigenvalue weighted by Crippen LogP contribution is -2.17. The van der Waals surface area contributed by atoms with Gasteiger partial charge in [0.15, 0.2) is 11.5 Å². The smallest absolute Gasteiger partial charge is 0.318 e. The van der Waals surface area contributed by atoms with Gasteiger partial charge in [-0.2, -0.15) is 0 Å². The molecule has 0 aliphatic carbocycles. The minimum atomic E-state index is -0.378. The van der Waals surface area contributed by atoms with Gasteiger partial charge >= 0.3 is 5.97 Å². The van der Waals surface area contributed by atoms with Crippen LogP contribution in [0.25, 0.3) is 0 Å². The number of ether oxygens (including phenoxy) is 4. The van der Waals surface area contributed by atoms with Crippen molar-refractivity contribution in [1.29, 1.82) is 0 Å². The van der Waals surface area contributed by atoms with E-state index < -0.39 is 0 Å². The van der Waals surface area contributed by atoms with Crippen LogP contribution in [0.3, 0.4) is 0 Å². The lowest BCUT2D eigenvalue weighted by Gasteiger charge is -2.19. The Bertz CT molecular complexity index is 905. The molecule has 2 aliphatic rings. The summed E-state index contributed by atoms with van der Waals surface area (Å²) in [5, 5.41) is 0. The summed E-state index contributed by atoms with van der Waals surface area (Å²) in [4.78, 5) is 12.9. The third-order valence-electron chi connectivity index (χ3n) is 6.33. The third kappa shape index (κ3) is 4.78. The molecule has 4 rings (SSSR count). The average molecular weight is 425 g/mol. The molecule has 0 amide bonds. The van der Waals surface area contributed by atoms with Gasteiger partial charge in [-0.25, -0.2) is 0 Å². The van der Waals surface area contributed by atoms with Gasteiger partial charge in [-0.3, -0.25) is 4.79 Å². The molecule has 2 aromatic rings. The number of carbonyl (C=O) groups excluding carboxylic acids is 1. The van der Waals surface area contributed by atoms with Crippen LogP contribution in [0.1, 0.15) is 49.5 Å². The van der Waals surface area contributed by atoms with Crippen molar-refractivity contribution in [1.82, 2.24) is 0 Å². The predicted octanol–water partition coefficient (Wildman–Crippen LogP) is 4.94.